The number of piperidine rings is 1. The first-order valence-electron chi connectivity index (χ1n) is 9.16. The van der Waals surface area contributed by atoms with Crippen molar-refractivity contribution in [3.63, 3.8) is 0 Å². The second kappa shape index (κ2) is 8.77. The summed E-state index contributed by atoms with van der Waals surface area (Å²) in [5.74, 6) is -0.497. The Kier molecular flexibility index (Phi) is 6.19. The summed E-state index contributed by atoms with van der Waals surface area (Å²) in [6.45, 7) is 1.43. The molecule has 5 nitrogen and oxygen atoms in total. The van der Waals surface area contributed by atoms with Crippen LogP contribution >= 0.6 is 0 Å². The van der Waals surface area contributed by atoms with E-state index in [0.717, 1.165) is 18.4 Å². The molecule has 1 heterocycles. The van der Waals surface area contributed by atoms with Crippen molar-refractivity contribution in [1.82, 2.24) is 4.90 Å². The Morgan fingerprint density at radius 3 is 2.30 bits per heavy atom. The third-order valence-corrected chi connectivity index (χ3v) is 4.98. The molecule has 1 saturated heterocycles. The summed E-state index contributed by atoms with van der Waals surface area (Å²) < 4.78 is 13.1. The summed E-state index contributed by atoms with van der Waals surface area (Å²) in [6, 6.07) is 14.9. The van der Waals surface area contributed by atoms with E-state index >= 15 is 0 Å². The van der Waals surface area contributed by atoms with Crippen molar-refractivity contribution in [3.8, 4) is 0 Å². The number of nitrogens with two attached hydrogens (primary N) is 1. The predicted molar refractivity (Wildman–Crippen MR) is 102 cm³/mol. The zero-order valence-corrected chi connectivity index (χ0v) is 15.1. The van der Waals surface area contributed by atoms with Crippen LogP contribution in [-0.4, -0.2) is 29.8 Å². The molecule has 0 aliphatic carbocycles. The average Bonchev–Trinajstić information content (AvgIpc) is 2.66. The molecule has 1 fully saturated rings. The van der Waals surface area contributed by atoms with E-state index < -0.39 is 6.04 Å². The van der Waals surface area contributed by atoms with Gasteiger partial charge in [0.05, 0.1) is 0 Å². The number of benzene rings is 2. The lowest BCUT2D eigenvalue weighted by Crippen LogP contribution is -2.42. The number of nitrogens with zero attached hydrogens (tertiary/aromatic N) is 1. The number of carbonyl (C=O) groups is 2. The second-order valence-electron chi connectivity index (χ2n) is 6.96. The van der Waals surface area contributed by atoms with E-state index in [4.69, 9.17) is 5.73 Å². The first-order chi connectivity index (χ1) is 13.0. The third-order valence-electron chi connectivity index (χ3n) is 4.98. The van der Waals surface area contributed by atoms with Gasteiger partial charge in [-0.3, -0.25) is 14.5 Å². The van der Waals surface area contributed by atoms with Crippen LogP contribution in [0.3, 0.4) is 0 Å². The minimum absolute atomic E-state index is 0.152. The summed E-state index contributed by atoms with van der Waals surface area (Å²) in [5, 5.41) is 2.89. The van der Waals surface area contributed by atoms with Crippen LogP contribution < -0.4 is 11.1 Å². The fraction of sp³-hybridized carbons (Fsp3) is 0.333. The highest BCUT2D eigenvalue weighted by atomic mass is 19.1. The van der Waals surface area contributed by atoms with Crippen molar-refractivity contribution in [3.05, 3.63) is 66.0 Å². The van der Waals surface area contributed by atoms with Gasteiger partial charge in [0, 0.05) is 12.1 Å². The van der Waals surface area contributed by atoms with Gasteiger partial charge in [0.15, 0.2) is 0 Å². The normalized spacial score (nSPS) is 16.6. The van der Waals surface area contributed by atoms with Crippen LogP contribution in [0.4, 0.5) is 10.1 Å². The minimum atomic E-state index is -0.439. The number of hydrogen-bond acceptors (Lipinski definition) is 3. The molecular weight excluding hydrogens is 345 g/mol. The Labute approximate surface area is 158 Å². The van der Waals surface area contributed by atoms with E-state index in [9.17, 15) is 14.0 Å². The van der Waals surface area contributed by atoms with Gasteiger partial charge in [0.1, 0.15) is 11.9 Å². The van der Waals surface area contributed by atoms with Crippen LogP contribution in [0.5, 0.6) is 0 Å². The number of carbonyl (C=O) groups excluding carboxylic acids is 2. The average molecular weight is 369 g/mol. The summed E-state index contributed by atoms with van der Waals surface area (Å²) in [6.07, 6.45) is 2.05. The zero-order valence-electron chi connectivity index (χ0n) is 15.1. The van der Waals surface area contributed by atoms with Gasteiger partial charge in [-0.05, 0) is 61.7 Å². The van der Waals surface area contributed by atoms with Crippen molar-refractivity contribution in [2.45, 2.75) is 25.3 Å². The van der Waals surface area contributed by atoms with Gasteiger partial charge in [-0.2, -0.15) is 0 Å². The quantitative estimate of drug-likeness (QED) is 0.822. The Morgan fingerprint density at radius 2 is 1.70 bits per heavy atom. The molecule has 0 spiro atoms. The van der Waals surface area contributed by atoms with Crippen molar-refractivity contribution in [1.29, 1.82) is 0 Å². The summed E-state index contributed by atoms with van der Waals surface area (Å²) in [5.41, 5.74) is 6.78. The molecule has 1 aliphatic heterocycles. The van der Waals surface area contributed by atoms with Gasteiger partial charge in [-0.25, -0.2) is 4.39 Å². The molecule has 6 heteroatoms. The lowest BCUT2D eigenvalue weighted by Gasteiger charge is -2.36. The van der Waals surface area contributed by atoms with Crippen LogP contribution in [0.25, 0.3) is 0 Å². The molecule has 3 rings (SSSR count). The van der Waals surface area contributed by atoms with Crippen molar-refractivity contribution < 1.29 is 14.0 Å². The van der Waals surface area contributed by atoms with Crippen LogP contribution in [0.15, 0.2) is 54.6 Å². The maximum absolute atomic E-state index is 13.1. The van der Waals surface area contributed by atoms with Gasteiger partial charge >= 0.3 is 0 Å². The summed E-state index contributed by atoms with van der Waals surface area (Å²) >= 11 is 0. The SMILES string of the molecule is NC(=O)CC1CCN([C@@H](C(=O)Nc2ccc(F)cc2)c2ccccc2)CC1. The predicted octanol–water partition coefficient (Wildman–Crippen LogP) is 3.09. The first-order valence-corrected chi connectivity index (χ1v) is 9.16. The van der Waals surface area contributed by atoms with E-state index in [1.807, 2.05) is 30.3 Å². The molecule has 0 radical (unpaired) electrons. The molecule has 3 N–H and O–H groups in total. The number of amides is 2. The maximum Gasteiger partial charge on any atom is 0.246 e. The Hall–Kier alpha value is -2.73. The fourth-order valence-corrected chi connectivity index (χ4v) is 3.61. The number of primary amides is 1. The lowest BCUT2D eigenvalue weighted by atomic mass is 9.91. The molecule has 1 aliphatic rings. The van der Waals surface area contributed by atoms with E-state index in [0.29, 0.717) is 25.2 Å². The molecule has 0 bridgehead atoms. The molecule has 2 amide bonds. The molecular formula is C21H24FN3O2. The van der Waals surface area contributed by atoms with Gasteiger partial charge < -0.3 is 11.1 Å². The highest BCUT2D eigenvalue weighted by molar-refractivity contribution is 5.95. The van der Waals surface area contributed by atoms with E-state index in [-0.39, 0.29) is 23.5 Å². The highest BCUT2D eigenvalue weighted by Crippen LogP contribution is 2.29. The van der Waals surface area contributed by atoms with E-state index in [2.05, 4.69) is 10.2 Å². The van der Waals surface area contributed by atoms with Gasteiger partial charge in [-0.1, -0.05) is 30.3 Å². The van der Waals surface area contributed by atoms with Crippen LogP contribution in [-0.2, 0) is 9.59 Å². The molecule has 2 aromatic carbocycles. The van der Waals surface area contributed by atoms with Gasteiger partial charge in [0.25, 0.3) is 0 Å². The number of halogens is 1. The fourth-order valence-electron chi connectivity index (χ4n) is 3.61. The van der Waals surface area contributed by atoms with Crippen LogP contribution in [0, 0.1) is 11.7 Å². The molecule has 0 aromatic heterocycles. The smallest absolute Gasteiger partial charge is 0.246 e. The monoisotopic (exact) mass is 369 g/mol. The standard InChI is InChI=1S/C21H24FN3O2/c22-17-6-8-18(9-7-17)24-21(27)20(16-4-2-1-3-5-16)25-12-10-15(11-13-25)14-19(23)26/h1-9,15,20H,10-14H2,(H2,23,26)(H,24,27)/t20-/m1/s1. The summed E-state index contributed by atoms with van der Waals surface area (Å²) in [4.78, 5) is 26.3. The molecule has 2 aromatic rings. The molecule has 0 saturated carbocycles. The highest BCUT2D eigenvalue weighted by Gasteiger charge is 2.31. The number of anilines is 1. The van der Waals surface area contributed by atoms with E-state index in [1.54, 1.807) is 12.1 Å². The van der Waals surface area contributed by atoms with Gasteiger partial charge in [-0.15, -0.1) is 0 Å². The van der Waals surface area contributed by atoms with Crippen molar-refractivity contribution >= 4 is 17.5 Å². The second-order valence-corrected chi connectivity index (χ2v) is 6.96. The minimum Gasteiger partial charge on any atom is -0.370 e. The Balaban J connectivity index is 1.75. The zero-order chi connectivity index (χ0) is 19.2. The summed E-state index contributed by atoms with van der Waals surface area (Å²) in [7, 11) is 0. The van der Waals surface area contributed by atoms with Crippen LogP contribution in [0.2, 0.25) is 0 Å². The number of rotatable bonds is 6. The molecule has 1 atom stereocenters. The molecule has 0 unspecified atom stereocenters. The number of nitrogens with one attached hydrogen (secondary N) is 1. The first kappa shape index (κ1) is 19.0. The Morgan fingerprint density at radius 1 is 1.07 bits per heavy atom. The molecule has 27 heavy (non-hydrogen) atoms. The van der Waals surface area contributed by atoms with Crippen molar-refractivity contribution in [2.24, 2.45) is 11.7 Å². The topological polar surface area (TPSA) is 75.4 Å². The molecule has 142 valence electrons. The Bertz CT molecular complexity index is 772. The number of likely N-dealkylation sites (tertiary alicyclic amines) is 1. The van der Waals surface area contributed by atoms with E-state index in [1.165, 1.54) is 12.1 Å². The largest absolute Gasteiger partial charge is 0.370 e. The van der Waals surface area contributed by atoms with Crippen molar-refractivity contribution in [2.75, 3.05) is 18.4 Å². The van der Waals surface area contributed by atoms with Crippen LogP contribution in [0.1, 0.15) is 30.9 Å². The third kappa shape index (κ3) is 5.14. The number of hydrogen-bond donors (Lipinski definition) is 2. The van der Waals surface area contributed by atoms with Gasteiger partial charge in [0.2, 0.25) is 11.8 Å². The maximum atomic E-state index is 13.1. The lowest BCUT2D eigenvalue weighted by molar-refractivity contribution is -0.123.